The van der Waals surface area contributed by atoms with Gasteiger partial charge in [-0.05, 0) is 54.9 Å². The van der Waals surface area contributed by atoms with Gasteiger partial charge >= 0.3 is 0 Å². The van der Waals surface area contributed by atoms with E-state index in [0.717, 1.165) is 38.3 Å². The van der Waals surface area contributed by atoms with Crippen LogP contribution in [-0.4, -0.2) is 78.0 Å². The SMILES string of the molecule is Cc1ccc(N2CCN(Cc3cc(=O)[nH]c(N4CCN(C(=O)C[C@@H](C)CC(C)(C)C)CC4)n3)CC2)cc1C. The minimum absolute atomic E-state index is 0.117. The number of amides is 1. The van der Waals surface area contributed by atoms with Crippen LogP contribution in [0.15, 0.2) is 29.1 Å². The van der Waals surface area contributed by atoms with Gasteiger partial charge in [-0.1, -0.05) is 33.8 Å². The van der Waals surface area contributed by atoms with Crippen LogP contribution in [0.5, 0.6) is 0 Å². The molecule has 8 nitrogen and oxygen atoms in total. The number of H-pyrrole nitrogens is 1. The molecule has 0 spiro atoms. The molecule has 2 aliphatic heterocycles. The predicted octanol–water partition coefficient (Wildman–Crippen LogP) is 3.82. The van der Waals surface area contributed by atoms with E-state index in [4.69, 9.17) is 4.98 Å². The number of carbonyl (C=O) groups is 1. The van der Waals surface area contributed by atoms with Crippen molar-refractivity contribution >= 4 is 17.5 Å². The van der Waals surface area contributed by atoms with E-state index in [2.05, 4.69) is 79.4 Å². The zero-order valence-corrected chi connectivity index (χ0v) is 24.2. The standard InChI is InChI=1S/C30H46N6O2/c1-22(20-30(4,5)6)17-28(38)35-13-15-36(16-14-35)29-31-25(19-27(37)32-29)21-33-9-11-34(12-10-33)26-8-7-23(2)24(3)18-26/h7-8,18-19,22H,9-17,20-21H2,1-6H3,(H,31,32,37)/t22-/m1/s1. The highest BCUT2D eigenvalue weighted by Gasteiger charge is 2.26. The molecule has 8 heteroatoms. The Bertz CT molecular complexity index is 1150. The second-order valence-electron chi connectivity index (χ2n) is 12.5. The Kier molecular flexibility index (Phi) is 8.81. The number of rotatable bonds is 7. The summed E-state index contributed by atoms with van der Waals surface area (Å²) in [7, 11) is 0. The van der Waals surface area contributed by atoms with Crippen LogP contribution in [0.2, 0.25) is 0 Å². The summed E-state index contributed by atoms with van der Waals surface area (Å²) in [5, 5.41) is 0. The lowest BCUT2D eigenvalue weighted by molar-refractivity contribution is -0.132. The smallest absolute Gasteiger partial charge is 0.252 e. The summed E-state index contributed by atoms with van der Waals surface area (Å²) in [4.78, 5) is 41.9. The molecule has 2 fully saturated rings. The Balaban J connectivity index is 1.29. The van der Waals surface area contributed by atoms with Gasteiger partial charge < -0.3 is 14.7 Å². The maximum atomic E-state index is 12.8. The first-order valence-electron chi connectivity index (χ1n) is 14.1. The van der Waals surface area contributed by atoms with Crippen molar-refractivity contribution in [2.45, 2.75) is 60.9 Å². The molecule has 1 aromatic heterocycles. The normalized spacial score (nSPS) is 18.1. The Morgan fingerprint density at radius 3 is 2.24 bits per heavy atom. The zero-order valence-electron chi connectivity index (χ0n) is 24.2. The van der Waals surface area contributed by atoms with Gasteiger partial charge in [-0.25, -0.2) is 4.98 Å². The van der Waals surface area contributed by atoms with Gasteiger partial charge in [0.1, 0.15) is 0 Å². The molecule has 0 saturated carbocycles. The number of nitrogens with zero attached hydrogens (tertiary/aromatic N) is 5. The molecule has 0 aliphatic carbocycles. The summed E-state index contributed by atoms with van der Waals surface area (Å²) in [5.74, 6) is 1.23. The van der Waals surface area contributed by atoms with E-state index in [0.29, 0.717) is 51.0 Å². The topological polar surface area (TPSA) is 75.8 Å². The van der Waals surface area contributed by atoms with Crippen LogP contribution in [0, 0.1) is 25.2 Å². The number of carbonyl (C=O) groups excluding carboxylic acids is 1. The van der Waals surface area contributed by atoms with Crippen molar-refractivity contribution in [3.05, 3.63) is 51.4 Å². The summed E-state index contributed by atoms with van der Waals surface area (Å²) < 4.78 is 0. The quantitative estimate of drug-likeness (QED) is 0.596. The second-order valence-corrected chi connectivity index (χ2v) is 12.5. The number of hydrogen-bond donors (Lipinski definition) is 1. The van der Waals surface area contributed by atoms with Crippen molar-refractivity contribution in [1.82, 2.24) is 19.8 Å². The first kappa shape index (κ1) is 28.1. The molecular weight excluding hydrogens is 476 g/mol. The number of nitrogens with one attached hydrogen (secondary N) is 1. The highest BCUT2D eigenvalue weighted by atomic mass is 16.2. The molecule has 1 aromatic carbocycles. The summed E-state index contributed by atoms with van der Waals surface area (Å²) in [5.41, 5.74) is 4.85. The van der Waals surface area contributed by atoms with E-state index in [-0.39, 0.29) is 16.9 Å². The zero-order chi connectivity index (χ0) is 27.4. The number of piperazine rings is 2. The van der Waals surface area contributed by atoms with Gasteiger partial charge in [0, 0.05) is 77.1 Å². The largest absolute Gasteiger partial charge is 0.369 e. The van der Waals surface area contributed by atoms with Crippen LogP contribution in [0.25, 0.3) is 0 Å². The molecule has 2 aromatic rings. The molecule has 3 heterocycles. The van der Waals surface area contributed by atoms with Crippen molar-refractivity contribution in [2.24, 2.45) is 11.3 Å². The fourth-order valence-corrected chi connectivity index (χ4v) is 5.75. The van der Waals surface area contributed by atoms with Gasteiger partial charge in [-0.3, -0.25) is 19.5 Å². The molecule has 0 radical (unpaired) electrons. The Labute approximate surface area is 228 Å². The molecule has 2 saturated heterocycles. The first-order chi connectivity index (χ1) is 18.0. The van der Waals surface area contributed by atoms with E-state index in [9.17, 15) is 9.59 Å². The van der Waals surface area contributed by atoms with E-state index in [1.54, 1.807) is 6.07 Å². The molecule has 38 heavy (non-hydrogen) atoms. The lowest BCUT2D eigenvalue weighted by Crippen LogP contribution is -2.50. The lowest BCUT2D eigenvalue weighted by atomic mass is 9.84. The van der Waals surface area contributed by atoms with E-state index >= 15 is 0 Å². The van der Waals surface area contributed by atoms with Crippen LogP contribution >= 0.6 is 0 Å². The Morgan fingerprint density at radius 1 is 0.947 bits per heavy atom. The second kappa shape index (κ2) is 11.9. The molecule has 0 bridgehead atoms. The van der Waals surface area contributed by atoms with Gasteiger partial charge in [0.25, 0.3) is 5.56 Å². The fourth-order valence-electron chi connectivity index (χ4n) is 5.75. The molecule has 2 aliphatic rings. The van der Waals surface area contributed by atoms with Gasteiger partial charge in [0.2, 0.25) is 11.9 Å². The minimum Gasteiger partial charge on any atom is -0.369 e. The third-order valence-corrected chi connectivity index (χ3v) is 7.81. The van der Waals surface area contributed by atoms with Crippen molar-refractivity contribution in [3.63, 3.8) is 0 Å². The number of aromatic amines is 1. The number of aromatic nitrogens is 2. The molecule has 0 unspecified atom stereocenters. The average molecular weight is 523 g/mol. The van der Waals surface area contributed by atoms with E-state index < -0.39 is 0 Å². The third kappa shape index (κ3) is 7.59. The van der Waals surface area contributed by atoms with Gasteiger partial charge in [0.05, 0.1) is 5.69 Å². The van der Waals surface area contributed by atoms with E-state index in [1.807, 2.05) is 4.90 Å². The molecule has 1 N–H and O–H groups in total. The fraction of sp³-hybridized carbons (Fsp3) is 0.633. The van der Waals surface area contributed by atoms with Crippen LogP contribution in [0.4, 0.5) is 11.6 Å². The Hall–Kier alpha value is -2.87. The monoisotopic (exact) mass is 522 g/mol. The van der Waals surface area contributed by atoms with Crippen molar-refractivity contribution in [3.8, 4) is 0 Å². The first-order valence-corrected chi connectivity index (χ1v) is 14.1. The number of aryl methyl sites for hydroxylation is 2. The number of hydrogen-bond acceptors (Lipinski definition) is 6. The minimum atomic E-state index is -0.117. The molecule has 4 rings (SSSR count). The number of anilines is 2. The van der Waals surface area contributed by atoms with Crippen molar-refractivity contribution in [2.75, 3.05) is 62.2 Å². The van der Waals surface area contributed by atoms with Gasteiger partial charge in [-0.2, -0.15) is 0 Å². The molecule has 1 amide bonds. The highest BCUT2D eigenvalue weighted by Crippen LogP contribution is 2.26. The lowest BCUT2D eigenvalue weighted by Gasteiger charge is -2.37. The average Bonchev–Trinajstić information content (AvgIpc) is 2.85. The van der Waals surface area contributed by atoms with Crippen LogP contribution in [-0.2, 0) is 11.3 Å². The summed E-state index contributed by atoms with van der Waals surface area (Å²) in [6, 6.07) is 8.30. The van der Waals surface area contributed by atoms with E-state index in [1.165, 1.54) is 16.8 Å². The summed E-state index contributed by atoms with van der Waals surface area (Å²) in [6.07, 6.45) is 1.63. The molecule has 1 atom stereocenters. The summed E-state index contributed by atoms with van der Waals surface area (Å²) >= 11 is 0. The Morgan fingerprint density at radius 2 is 1.61 bits per heavy atom. The third-order valence-electron chi connectivity index (χ3n) is 7.81. The maximum absolute atomic E-state index is 12.8. The molecular formula is C30H46N6O2. The van der Waals surface area contributed by atoms with Crippen molar-refractivity contribution < 1.29 is 4.79 Å². The summed E-state index contributed by atoms with van der Waals surface area (Å²) in [6.45, 7) is 20.3. The van der Waals surface area contributed by atoms with Gasteiger partial charge in [-0.15, -0.1) is 0 Å². The predicted molar refractivity (Wildman–Crippen MR) is 155 cm³/mol. The maximum Gasteiger partial charge on any atom is 0.252 e. The molecule has 208 valence electrons. The highest BCUT2D eigenvalue weighted by molar-refractivity contribution is 5.76. The van der Waals surface area contributed by atoms with Crippen LogP contribution in [0.3, 0.4) is 0 Å². The number of benzene rings is 1. The van der Waals surface area contributed by atoms with Crippen LogP contribution in [0.1, 0.15) is 57.4 Å². The van der Waals surface area contributed by atoms with Gasteiger partial charge in [0.15, 0.2) is 0 Å². The van der Waals surface area contributed by atoms with Crippen molar-refractivity contribution in [1.29, 1.82) is 0 Å². The van der Waals surface area contributed by atoms with Crippen LogP contribution < -0.4 is 15.4 Å².